The number of anilines is 1. The number of nitrogens with one attached hydrogen (secondary N) is 1. The Kier molecular flexibility index (Phi) is 4.34. The Bertz CT molecular complexity index is 459. The molecule has 0 aliphatic heterocycles. The van der Waals surface area contributed by atoms with Crippen molar-refractivity contribution in [3.63, 3.8) is 0 Å². The molecule has 92 valence electrons. The van der Waals surface area contributed by atoms with E-state index in [0.29, 0.717) is 16.5 Å². The Balaban J connectivity index is 2.96. The number of ether oxygens (including phenoxy) is 2. The van der Waals surface area contributed by atoms with Gasteiger partial charge in [-0.25, -0.2) is 4.79 Å². The SMILES string of the molecule is COC(=O)C(=O)Nc1cc(Cl)c(OC)cc1C. The molecule has 17 heavy (non-hydrogen) atoms. The number of rotatable bonds is 2. The maximum atomic E-state index is 11.3. The number of benzene rings is 1. The fourth-order valence-corrected chi connectivity index (χ4v) is 1.45. The summed E-state index contributed by atoms with van der Waals surface area (Å²) >= 11 is 5.91. The first kappa shape index (κ1) is 13.3. The molecule has 0 saturated carbocycles. The largest absolute Gasteiger partial charge is 0.495 e. The standard InChI is InChI=1S/C11H12ClNO4/c1-6-4-9(16-2)7(12)5-8(6)13-10(14)11(15)17-3/h4-5H,1-3H3,(H,13,14). The molecule has 0 unspecified atom stereocenters. The molecule has 0 bridgehead atoms. The summed E-state index contributed by atoms with van der Waals surface area (Å²) in [6.45, 7) is 1.76. The van der Waals surface area contributed by atoms with E-state index in [1.54, 1.807) is 13.0 Å². The van der Waals surface area contributed by atoms with Crippen molar-refractivity contribution >= 4 is 29.2 Å². The van der Waals surface area contributed by atoms with Gasteiger partial charge in [0.2, 0.25) is 0 Å². The van der Waals surface area contributed by atoms with Gasteiger partial charge in [-0.05, 0) is 24.6 Å². The molecule has 0 heterocycles. The topological polar surface area (TPSA) is 64.6 Å². The van der Waals surface area contributed by atoms with Crippen LogP contribution in [-0.4, -0.2) is 26.1 Å². The first-order chi connectivity index (χ1) is 7.99. The van der Waals surface area contributed by atoms with Gasteiger partial charge in [-0.1, -0.05) is 11.6 Å². The Morgan fingerprint density at radius 2 is 1.94 bits per heavy atom. The minimum atomic E-state index is -0.962. The number of halogens is 1. The van der Waals surface area contributed by atoms with Crippen molar-refractivity contribution in [3.8, 4) is 5.75 Å². The number of carbonyl (C=O) groups is 2. The van der Waals surface area contributed by atoms with Gasteiger partial charge in [0, 0.05) is 5.69 Å². The third kappa shape index (κ3) is 3.10. The Morgan fingerprint density at radius 1 is 1.29 bits per heavy atom. The Morgan fingerprint density at radius 3 is 2.47 bits per heavy atom. The zero-order valence-electron chi connectivity index (χ0n) is 9.67. The normalized spacial score (nSPS) is 9.65. The average molecular weight is 258 g/mol. The molecule has 0 aromatic heterocycles. The van der Waals surface area contributed by atoms with Gasteiger partial charge in [0.1, 0.15) is 5.75 Å². The van der Waals surface area contributed by atoms with E-state index in [-0.39, 0.29) is 0 Å². The van der Waals surface area contributed by atoms with E-state index in [9.17, 15) is 9.59 Å². The summed E-state index contributed by atoms with van der Waals surface area (Å²) in [6.07, 6.45) is 0. The minimum Gasteiger partial charge on any atom is -0.495 e. The van der Waals surface area contributed by atoms with Gasteiger partial charge >= 0.3 is 11.9 Å². The van der Waals surface area contributed by atoms with E-state index in [4.69, 9.17) is 16.3 Å². The van der Waals surface area contributed by atoms with Crippen molar-refractivity contribution in [1.82, 2.24) is 0 Å². The fraction of sp³-hybridized carbons (Fsp3) is 0.273. The van der Waals surface area contributed by atoms with E-state index in [1.807, 2.05) is 0 Å². The highest BCUT2D eigenvalue weighted by atomic mass is 35.5. The molecule has 0 radical (unpaired) electrons. The fourth-order valence-electron chi connectivity index (χ4n) is 1.21. The van der Waals surface area contributed by atoms with Crippen molar-refractivity contribution in [2.45, 2.75) is 6.92 Å². The molecule has 0 aliphatic rings. The molecule has 1 amide bonds. The minimum absolute atomic E-state index is 0.346. The van der Waals surface area contributed by atoms with Crippen LogP contribution in [0.3, 0.4) is 0 Å². The van der Waals surface area contributed by atoms with Crippen LogP contribution in [0, 0.1) is 6.92 Å². The molecule has 0 spiro atoms. The van der Waals surface area contributed by atoms with Crippen molar-refractivity contribution in [3.05, 3.63) is 22.7 Å². The number of hydrogen-bond acceptors (Lipinski definition) is 4. The van der Waals surface area contributed by atoms with Gasteiger partial charge in [-0.2, -0.15) is 0 Å². The van der Waals surface area contributed by atoms with Crippen LogP contribution >= 0.6 is 11.6 Å². The molecule has 1 N–H and O–H groups in total. The van der Waals surface area contributed by atoms with Crippen molar-refractivity contribution in [2.75, 3.05) is 19.5 Å². The van der Waals surface area contributed by atoms with Crippen LogP contribution in [0.5, 0.6) is 5.75 Å². The summed E-state index contributed by atoms with van der Waals surface area (Å²) in [7, 11) is 2.63. The first-order valence-corrected chi connectivity index (χ1v) is 5.10. The molecule has 1 aromatic rings. The Labute approximate surface area is 104 Å². The molecule has 5 nitrogen and oxygen atoms in total. The molecular weight excluding hydrogens is 246 g/mol. The van der Waals surface area contributed by atoms with Gasteiger partial charge < -0.3 is 14.8 Å². The summed E-state index contributed by atoms with van der Waals surface area (Å²) in [6, 6.07) is 3.17. The monoisotopic (exact) mass is 257 g/mol. The highest BCUT2D eigenvalue weighted by Gasteiger charge is 2.16. The second kappa shape index (κ2) is 5.54. The molecule has 1 rings (SSSR count). The van der Waals surface area contributed by atoms with E-state index in [0.717, 1.165) is 12.7 Å². The quantitative estimate of drug-likeness (QED) is 0.648. The van der Waals surface area contributed by atoms with E-state index in [2.05, 4.69) is 10.1 Å². The molecule has 0 atom stereocenters. The maximum Gasteiger partial charge on any atom is 0.396 e. The van der Waals surface area contributed by atoms with Gasteiger partial charge in [-0.15, -0.1) is 0 Å². The summed E-state index contributed by atoms with van der Waals surface area (Å²) in [4.78, 5) is 22.2. The van der Waals surface area contributed by atoms with Crippen LogP contribution in [0.4, 0.5) is 5.69 Å². The number of carbonyl (C=O) groups excluding carboxylic acids is 2. The molecule has 0 fully saturated rings. The van der Waals surface area contributed by atoms with Crippen molar-refractivity contribution < 1.29 is 19.1 Å². The third-order valence-electron chi connectivity index (χ3n) is 2.12. The van der Waals surface area contributed by atoms with Gasteiger partial charge in [-0.3, -0.25) is 4.79 Å². The molecular formula is C11H12ClNO4. The summed E-state index contributed by atoms with van der Waals surface area (Å²) in [5.41, 5.74) is 1.16. The lowest BCUT2D eigenvalue weighted by molar-refractivity contribution is -0.150. The summed E-state index contributed by atoms with van der Waals surface area (Å²) in [5, 5.41) is 2.75. The first-order valence-electron chi connectivity index (χ1n) is 4.73. The van der Waals surface area contributed by atoms with Gasteiger partial charge in [0.15, 0.2) is 0 Å². The van der Waals surface area contributed by atoms with Crippen LogP contribution in [0.1, 0.15) is 5.56 Å². The third-order valence-corrected chi connectivity index (χ3v) is 2.41. The molecule has 0 saturated heterocycles. The lowest BCUT2D eigenvalue weighted by atomic mass is 10.2. The summed E-state index contributed by atoms with van der Waals surface area (Å²) in [5.74, 6) is -1.31. The van der Waals surface area contributed by atoms with Crippen molar-refractivity contribution in [2.24, 2.45) is 0 Å². The highest BCUT2D eigenvalue weighted by molar-refractivity contribution is 6.37. The molecule has 0 aliphatic carbocycles. The number of methoxy groups -OCH3 is 2. The number of amides is 1. The predicted octanol–water partition coefficient (Wildman–Crippen LogP) is 1.77. The number of hydrogen-bond donors (Lipinski definition) is 1. The van der Waals surface area contributed by atoms with Crippen LogP contribution in [0.25, 0.3) is 0 Å². The van der Waals surface area contributed by atoms with Gasteiger partial charge in [0.25, 0.3) is 0 Å². The van der Waals surface area contributed by atoms with Crippen LogP contribution in [0.2, 0.25) is 5.02 Å². The predicted molar refractivity (Wildman–Crippen MR) is 63.4 cm³/mol. The van der Waals surface area contributed by atoms with Gasteiger partial charge in [0.05, 0.1) is 19.2 Å². The zero-order chi connectivity index (χ0) is 13.0. The lowest BCUT2D eigenvalue weighted by Crippen LogP contribution is -2.24. The number of aryl methyl sites for hydroxylation is 1. The summed E-state index contributed by atoms with van der Waals surface area (Å²) < 4.78 is 9.31. The number of esters is 1. The van der Waals surface area contributed by atoms with Crippen LogP contribution < -0.4 is 10.1 Å². The lowest BCUT2D eigenvalue weighted by Gasteiger charge is -2.10. The average Bonchev–Trinajstić information content (AvgIpc) is 2.32. The maximum absolute atomic E-state index is 11.3. The molecule has 6 heteroatoms. The zero-order valence-corrected chi connectivity index (χ0v) is 10.4. The second-order valence-corrected chi connectivity index (χ2v) is 3.65. The van der Waals surface area contributed by atoms with Crippen LogP contribution in [-0.2, 0) is 14.3 Å². The highest BCUT2D eigenvalue weighted by Crippen LogP contribution is 2.30. The molecule has 1 aromatic carbocycles. The van der Waals surface area contributed by atoms with Crippen molar-refractivity contribution in [1.29, 1.82) is 0 Å². The Hall–Kier alpha value is -1.75. The smallest absolute Gasteiger partial charge is 0.396 e. The second-order valence-electron chi connectivity index (χ2n) is 3.25. The van der Waals surface area contributed by atoms with E-state index in [1.165, 1.54) is 13.2 Å². The van der Waals surface area contributed by atoms with Crippen LogP contribution in [0.15, 0.2) is 12.1 Å². The van der Waals surface area contributed by atoms with E-state index >= 15 is 0 Å². The van der Waals surface area contributed by atoms with E-state index < -0.39 is 11.9 Å².